The maximum Gasteiger partial charge on any atom is 0.253 e. The third-order valence-corrected chi connectivity index (χ3v) is 4.87. The second-order valence-electron chi connectivity index (χ2n) is 6.68. The van der Waals surface area contributed by atoms with Crippen LogP contribution in [0, 0.1) is 19.7 Å². The molecule has 2 aromatic rings. The van der Waals surface area contributed by atoms with Crippen molar-refractivity contribution >= 4 is 18.3 Å². The minimum atomic E-state index is -0.269. The van der Waals surface area contributed by atoms with Gasteiger partial charge in [-0.2, -0.15) is 0 Å². The van der Waals surface area contributed by atoms with Gasteiger partial charge in [-0.05, 0) is 69.9 Å². The lowest BCUT2D eigenvalue weighted by Crippen LogP contribution is -2.40. The van der Waals surface area contributed by atoms with Crippen LogP contribution in [-0.2, 0) is 0 Å². The summed E-state index contributed by atoms with van der Waals surface area (Å²) in [6, 6.07) is 8.66. The predicted molar refractivity (Wildman–Crippen MR) is 100 cm³/mol. The fourth-order valence-corrected chi connectivity index (χ4v) is 3.51. The summed E-state index contributed by atoms with van der Waals surface area (Å²) >= 11 is 0. The Morgan fingerprint density at radius 3 is 2.36 bits per heavy atom. The van der Waals surface area contributed by atoms with Crippen molar-refractivity contribution in [1.82, 2.24) is 9.88 Å². The van der Waals surface area contributed by atoms with Crippen molar-refractivity contribution in [3.8, 4) is 5.69 Å². The molecule has 4 nitrogen and oxygen atoms in total. The van der Waals surface area contributed by atoms with Crippen LogP contribution in [0.15, 0.2) is 30.3 Å². The van der Waals surface area contributed by atoms with Crippen LogP contribution in [0.2, 0.25) is 0 Å². The van der Waals surface area contributed by atoms with Gasteiger partial charge in [-0.1, -0.05) is 0 Å². The molecule has 3 N–H and O–H groups in total. The number of nitrogens with zero attached hydrogens (tertiary/aromatic N) is 1. The van der Waals surface area contributed by atoms with Gasteiger partial charge in [0.15, 0.2) is 0 Å². The van der Waals surface area contributed by atoms with E-state index in [1.165, 1.54) is 12.1 Å². The molecule has 0 spiro atoms. The topological polar surface area (TPSA) is 60.1 Å². The molecule has 1 heterocycles. The van der Waals surface area contributed by atoms with Crippen LogP contribution in [0.1, 0.15) is 47.4 Å². The molecule has 25 heavy (non-hydrogen) atoms. The molecule has 0 unspecified atom stereocenters. The highest BCUT2D eigenvalue weighted by Gasteiger charge is 2.23. The van der Waals surface area contributed by atoms with Crippen LogP contribution >= 0.6 is 12.4 Å². The number of aryl methyl sites for hydroxylation is 1. The molecule has 1 aromatic heterocycles. The third kappa shape index (κ3) is 4.22. The second kappa shape index (κ2) is 8.02. The molecule has 1 saturated carbocycles. The first-order chi connectivity index (χ1) is 11.5. The molecule has 1 aromatic carbocycles. The lowest BCUT2D eigenvalue weighted by atomic mass is 9.91. The summed E-state index contributed by atoms with van der Waals surface area (Å²) in [5, 5.41) is 3.13. The highest BCUT2D eigenvalue weighted by Crippen LogP contribution is 2.22. The Morgan fingerprint density at radius 1 is 1.16 bits per heavy atom. The molecule has 136 valence electrons. The summed E-state index contributed by atoms with van der Waals surface area (Å²) in [6.45, 7) is 3.87. The molecule has 1 aliphatic rings. The molecule has 3 rings (SSSR count). The number of carbonyl (C=O) groups excluding carboxylic acids is 1. The summed E-state index contributed by atoms with van der Waals surface area (Å²) in [4.78, 5) is 12.7. The maximum atomic E-state index is 13.1. The van der Waals surface area contributed by atoms with Gasteiger partial charge in [0, 0.05) is 29.2 Å². The van der Waals surface area contributed by atoms with Gasteiger partial charge in [-0.25, -0.2) is 4.39 Å². The number of benzene rings is 1. The van der Waals surface area contributed by atoms with E-state index >= 15 is 0 Å². The molecule has 0 radical (unpaired) electrons. The average molecular weight is 366 g/mol. The van der Waals surface area contributed by atoms with Gasteiger partial charge < -0.3 is 15.6 Å². The summed E-state index contributed by atoms with van der Waals surface area (Å²) in [5.41, 5.74) is 9.27. The maximum absolute atomic E-state index is 13.1. The zero-order valence-corrected chi connectivity index (χ0v) is 15.4. The van der Waals surface area contributed by atoms with Crippen LogP contribution < -0.4 is 11.1 Å². The Kier molecular flexibility index (Phi) is 6.25. The number of carbonyl (C=O) groups is 1. The molecule has 0 saturated heterocycles. The third-order valence-electron chi connectivity index (χ3n) is 4.87. The first-order valence-corrected chi connectivity index (χ1v) is 8.47. The molecule has 1 fully saturated rings. The number of halogens is 2. The van der Waals surface area contributed by atoms with E-state index in [1.54, 1.807) is 12.1 Å². The molecule has 0 aliphatic heterocycles. The molecule has 0 atom stereocenters. The number of nitrogens with two attached hydrogens (primary N) is 1. The monoisotopic (exact) mass is 365 g/mol. The van der Waals surface area contributed by atoms with E-state index < -0.39 is 0 Å². The zero-order chi connectivity index (χ0) is 17.3. The second-order valence-corrected chi connectivity index (χ2v) is 6.68. The van der Waals surface area contributed by atoms with Gasteiger partial charge in [0.1, 0.15) is 5.82 Å². The predicted octanol–water partition coefficient (Wildman–Crippen LogP) is 3.65. The van der Waals surface area contributed by atoms with Crippen LogP contribution in [-0.4, -0.2) is 22.6 Å². The van der Waals surface area contributed by atoms with Crippen molar-refractivity contribution in [3.05, 3.63) is 53.1 Å². The van der Waals surface area contributed by atoms with Crippen molar-refractivity contribution in [2.75, 3.05) is 0 Å². The number of amides is 1. The Labute approximate surface area is 154 Å². The standard InChI is InChI=1S/C19H24FN3O.ClH/c1-12-11-18(19(24)22-16-7-5-15(21)6-8-16)13(2)23(12)17-9-3-14(20)4-10-17;/h3-4,9-11,15-16H,5-8,21H2,1-2H3,(H,22,24);1H. The number of hydrogen-bond acceptors (Lipinski definition) is 2. The van der Waals surface area contributed by atoms with E-state index in [1.807, 2.05) is 24.5 Å². The van der Waals surface area contributed by atoms with E-state index in [4.69, 9.17) is 5.73 Å². The molecule has 6 heteroatoms. The lowest BCUT2D eigenvalue weighted by molar-refractivity contribution is 0.0925. The minimum absolute atomic E-state index is 0. The first kappa shape index (κ1) is 19.5. The molecule has 1 aliphatic carbocycles. The Hall–Kier alpha value is -1.85. The summed E-state index contributed by atoms with van der Waals surface area (Å²) in [6.07, 6.45) is 3.78. The smallest absolute Gasteiger partial charge is 0.253 e. The number of aromatic nitrogens is 1. The average Bonchev–Trinajstić information content (AvgIpc) is 2.85. The number of hydrogen-bond donors (Lipinski definition) is 2. The number of rotatable bonds is 3. The highest BCUT2D eigenvalue weighted by molar-refractivity contribution is 5.96. The van der Waals surface area contributed by atoms with Crippen molar-refractivity contribution in [2.24, 2.45) is 5.73 Å². The van der Waals surface area contributed by atoms with E-state index in [-0.39, 0.29) is 36.2 Å². The minimum Gasteiger partial charge on any atom is -0.349 e. The van der Waals surface area contributed by atoms with Gasteiger partial charge in [0.05, 0.1) is 5.56 Å². The van der Waals surface area contributed by atoms with Crippen LogP contribution in [0.5, 0.6) is 0 Å². The summed E-state index contributed by atoms with van der Waals surface area (Å²) in [7, 11) is 0. The van der Waals surface area contributed by atoms with Gasteiger partial charge in [0.2, 0.25) is 0 Å². The van der Waals surface area contributed by atoms with E-state index in [0.29, 0.717) is 5.56 Å². The van der Waals surface area contributed by atoms with Crippen molar-refractivity contribution in [1.29, 1.82) is 0 Å². The van der Waals surface area contributed by atoms with Crippen LogP contribution in [0.3, 0.4) is 0 Å². The Morgan fingerprint density at radius 2 is 1.76 bits per heavy atom. The summed E-state index contributed by atoms with van der Waals surface area (Å²) in [5.74, 6) is -0.313. The van der Waals surface area contributed by atoms with Crippen LogP contribution in [0.25, 0.3) is 5.69 Å². The highest BCUT2D eigenvalue weighted by atomic mass is 35.5. The Bertz CT molecular complexity index is 734. The fourth-order valence-electron chi connectivity index (χ4n) is 3.51. The van der Waals surface area contributed by atoms with Crippen molar-refractivity contribution in [2.45, 2.75) is 51.6 Å². The fraction of sp³-hybridized carbons (Fsp3) is 0.421. The molecule has 1 amide bonds. The van der Waals surface area contributed by atoms with Crippen LogP contribution in [0.4, 0.5) is 4.39 Å². The number of nitrogens with one attached hydrogen (secondary N) is 1. The van der Waals surface area contributed by atoms with E-state index in [2.05, 4.69) is 5.32 Å². The molecule has 0 bridgehead atoms. The first-order valence-electron chi connectivity index (χ1n) is 8.47. The zero-order valence-electron chi connectivity index (χ0n) is 14.6. The SMILES string of the molecule is Cc1cc(C(=O)NC2CCC(N)CC2)c(C)n1-c1ccc(F)cc1.Cl. The summed E-state index contributed by atoms with van der Waals surface area (Å²) < 4.78 is 15.1. The van der Waals surface area contributed by atoms with E-state index in [0.717, 1.165) is 42.8 Å². The quantitative estimate of drug-likeness (QED) is 0.872. The molecular weight excluding hydrogens is 341 g/mol. The van der Waals surface area contributed by atoms with Gasteiger partial charge >= 0.3 is 0 Å². The van der Waals surface area contributed by atoms with Crippen molar-refractivity contribution in [3.63, 3.8) is 0 Å². The van der Waals surface area contributed by atoms with E-state index in [9.17, 15) is 9.18 Å². The van der Waals surface area contributed by atoms with Gasteiger partial charge in [-0.15, -0.1) is 12.4 Å². The lowest BCUT2D eigenvalue weighted by Gasteiger charge is -2.26. The Balaban J connectivity index is 0.00000225. The molecular formula is C19H25ClFN3O. The van der Waals surface area contributed by atoms with Gasteiger partial charge in [0.25, 0.3) is 5.91 Å². The normalized spacial score (nSPS) is 20.0. The van der Waals surface area contributed by atoms with Crippen molar-refractivity contribution < 1.29 is 9.18 Å². The van der Waals surface area contributed by atoms with Gasteiger partial charge in [-0.3, -0.25) is 4.79 Å². The largest absolute Gasteiger partial charge is 0.349 e.